The van der Waals surface area contributed by atoms with E-state index in [0.717, 1.165) is 30.4 Å². The van der Waals surface area contributed by atoms with Gasteiger partial charge in [-0.15, -0.1) is 0 Å². The van der Waals surface area contributed by atoms with Gasteiger partial charge in [0.15, 0.2) is 0 Å². The molecule has 0 fully saturated rings. The molecule has 1 rings (SSSR count). The van der Waals surface area contributed by atoms with Crippen molar-refractivity contribution in [3.8, 4) is 0 Å². The molecule has 1 aromatic heterocycles. The number of anilines is 2. The Morgan fingerprint density at radius 2 is 1.81 bits per heavy atom. The topological polar surface area (TPSA) is 49.8 Å². The first-order chi connectivity index (χ1) is 7.40. The Labute approximate surface area is 97.9 Å². The molecule has 2 N–H and O–H groups in total. The highest BCUT2D eigenvalue weighted by atomic mass is 15.1. The maximum absolute atomic E-state index is 4.34. The van der Waals surface area contributed by atoms with Crippen molar-refractivity contribution in [1.29, 1.82) is 0 Å². The third-order valence-corrected chi connectivity index (χ3v) is 2.28. The molecule has 0 bridgehead atoms. The predicted octanol–water partition coefficient (Wildman–Crippen LogP) is 2.67. The van der Waals surface area contributed by atoms with E-state index in [-0.39, 0.29) is 0 Å². The van der Waals surface area contributed by atoms with Crippen molar-refractivity contribution in [3.63, 3.8) is 0 Å². The quantitative estimate of drug-likeness (QED) is 0.822. The van der Waals surface area contributed by atoms with E-state index in [1.54, 1.807) is 0 Å². The van der Waals surface area contributed by atoms with Crippen molar-refractivity contribution >= 4 is 11.6 Å². The minimum atomic E-state index is 0.348. The van der Waals surface area contributed by atoms with Crippen LogP contribution >= 0.6 is 0 Å². The molecule has 0 aliphatic heterocycles. The van der Waals surface area contributed by atoms with Gasteiger partial charge in [-0.05, 0) is 18.8 Å². The molecule has 0 aromatic carbocycles. The van der Waals surface area contributed by atoms with Gasteiger partial charge in [0.1, 0.15) is 17.5 Å². The van der Waals surface area contributed by atoms with Crippen molar-refractivity contribution < 1.29 is 0 Å². The minimum Gasteiger partial charge on any atom is -0.373 e. The molecular formula is C12H22N4. The van der Waals surface area contributed by atoms with Crippen molar-refractivity contribution in [2.24, 2.45) is 5.41 Å². The maximum atomic E-state index is 4.34. The Balaban J connectivity index is 2.57. The molecule has 16 heavy (non-hydrogen) atoms. The third-order valence-electron chi connectivity index (χ3n) is 2.28. The van der Waals surface area contributed by atoms with Gasteiger partial charge >= 0.3 is 0 Å². The van der Waals surface area contributed by atoms with Crippen LogP contribution in [0.3, 0.4) is 0 Å². The fraction of sp³-hybridized carbons (Fsp3) is 0.667. The summed E-state index contributed by atoms with van der Waals surface area (Å²) in [5.41, 5.74) is 0.348. The first-order valence-electron chi connectivity index (χ1n) is 5.68. The highest BCUT2D eigenvalue weighted by molar-refractivity contribution is 5.46. The van der Waals surface area contributed by atoms with E-state index in [1.807, 2.05) is 20.0 Å². The average molecular weight is 222 g/mol. The van der Waals surface area contributed by atoms with Crippen LogP contribution in [0.4, 0.5) is 11.6 Å². The summed E-state index contributed by atoms with van der Waals surface area (Å²) in [7, 11) is 1.86. The van der Waals surface area contributed by atoms with Crippen LogP contribution in [0.2, 0.25) is 0 Å². The highest BCUT2D eigenvalue weighted by Crippen LogP contribution is 2.18. The number of nitrogens with zero attached hydrogens (tertiary/aromatic N) is 2. The van der Waals surface area contributed by atoms with Crippen LogP contribution in [-0.2, 0) is 0 Å². The second-order valence-electron chi connectivity index (χ2n) is 5.17. The van der Waals surface area contributed by atoms with Crippen molar-refractivity contribution in [2.45, 2.75) is 34.1 Å². The predicted molar refractivity (Wildman–Crippen MR) is 68.9 cm³/mol. The number of aromatic nitrogens is 2. The van der Waals surface area contributed by atoms with Gasteiger partial charge in [-0.1, -0.05) is 20.8 Å². The van der Waals surface area contributed by atoms with E-state index >= 15 is 0 Å². The van der Waals surface area contributed by atoms with E-state index in [0.29, 0.717) is 5.41 Å². The lowest BCUT2D eigenvalue weighted by atomic mass is 9.92. The summed E-state index contributed by atoms with van der Waals surface area (Å²) in [6, 6.07) is 1.93. The van der Waals surface area contributed by atoms with E-state index in [2.05, 4.69) is 41.4 Å². The summed E-state index contributed by atoms with van der Waals surface area (Å²) in [6.07, 6.45) is 1.12. The standard InChI is InChI=1S/C12H22N4/c1-9-15-10(13-5)8-11(16-9)14-7-6-12(2,3)4/h8H,6-7H2,1-5H3,(H2,13,14,15,16). The summed E-state index contributed by atoms with van der Waals surface area (Å²) in [5.74, 6) is 2.52. The third kappa shape index (κ3) is 4.47. The van der Waals surface area contributed by atoms with Gasteiger partial charge in [-0.3, -0.25) is 0 Å². The zero-order chi connectivity index (χ0) is 12.2. The Morgan fingerprint density at radius 3 is 2.38 bits per heavy atom. The Bertz CT molecular complexity index is 341. The Kier molecular flexibility index (Phi) is 4.10. The van der Waals surface area contributed by atoms with Gasteiger partial charge in [-0.25, -0.2) is 9.97 Å². The first-order valence-corrected chi connectivity index (χ1v) is 5.68. The lowest BCUT2D eigenvalue weighted by molar-refractivity contribution is 0.389. The molecule has 0 saturated carbocycles. The van der Waals surface area contributed by atoms with Crippen LogP contribution in [0.25, 0.3) is 0 Å². The molecule has 0 radical (unpaired) electrons. The van der Waals surface area contributed by atoms with Gasteiger partial charge in [-0.2, -0.15) is 0 Å². The molecule has 0 unspecified atom stereocenters. The molecule has 90 valence electrons. The summed E-state index contributed by atoms with van der Waals surface area (Å²) in [6.45, 7) is 9.54. The van der Waals surface area contributed by atoms with E-state index in [4.69, 9.17) is 0 Å². The lowest BCUT2D eigenvalue weighted by Gasteiger charge is -2.18. The highest BCUT2D eigenvalue weighted by Gasteiger charge is 2.09. The normalized spacial score (nSPS) is 11.3. The van der Waals surface area contributed by atoms with Crippen LogP contribution in [0.15, 0.2) is 6.07 Å². The molecule has 0 aliphatic rings. The zero-order valence-corrected chi connectivity index (χ0v) is 10.9. The van der Waals surface area contributed by atoms with Crippen LogP contribution in [0.1, 0.15) is 33.0 Å². The molecule has 4 heteroatoms. The molecule has 0 aliphatic carbocycles. The molecule has 4 nitrogen and oxygen atoms in total. The first kappa shape index (κ1) is 12.7. The smallest absolute Gasteiger partial charge is 0.131 e. The van der Waals surface area contributed by atoms with Gasteiger partial charge in [0.25, 0.3) is 0 Å². The van der Waals surface area contributed by atoms with Gasteiger partial charge in [0.05, 0.1) is 0 Å². The molecule has 1 heterocycles. The number of nitrogens with one attached hydrogen (secondary N) is 2. The molecule has 0 spiro atoms. The van der Waals surface area contributed by atoms with Crippen LogP contribution in [-0.4, -0.2) is 23.6 Å². The Morgan fingerprint density at radius 1 is 1.19 bits per heavy atom. The van der Waals surface area contributed by atoms with Crippen LogP contribution in [0, 0.1) is 12.3 Å². The fourth-order valence-electron chi connectivity index (χ4n) is 1.35. The molecule has 0 amide bonds. The number of hydrogen-bond donors (Lipinski definition) is 2. The average Bonchev–Trinajstić information content (AvgIpc) is 2.14. The largest absolute Gasteiger partial charge is 0.373 e. The van der Waals surface area contributed by atoms with Crippen molar-refractivity contribution in [3.05, 3.63) is 11.9 Å². The minimum absolute atomic E-state index is 0.348. The van der Waals surface area contributed by atoms with Gasteiger partial charge in [0, 0.05) is 19.7 Å². The van der Waals surface area contributed by atoms with Crippen LogP contribution in [0.5, 0.6) is 0 Å². The van der Waals surface area contributed by atoms with Gasteiger partial charge in [0.2, 0.25) is 0 Å². The van der Waals surface area contributed by atoms with Crippen molar-refractivity contribution in [1.82, 2.24) is 9.97 Å². The monoisotopic (exact) mass is 222 g/mol. The summed E-state index contributed by atoms with van der Waals surface area (Å²) in [5, 5.41) is 6.35. The molecule has 0 atom stereocenters. The van der Waals surface area contributed by atoms with Crippen molar-refractivity contribution in [2.75, 3.05) is 24.2 Å². The lowest BCUT2D eigenvalue weighted by Crippen LogP contribution is -2.14. The van der Waals surface area contributed by atoms with E-state index < -0.39 is 0 Å². The zero-order valence-electron chi connectivity index (χ0n) is 10.9. The summed E-state index contributed by atoms with van der Waals surface area (Å²) < 4.78 is 0. The van der Waals surface area contributed by atoms with Crippen LogP contribution < -0.4 is 10.6 Å². The second kappa shape index (κ2) is 5.14. The number of hydrogen-bond acceptors (Lipinski definition) is 4. The summed E-state index contributed by atoms with van der Waals surface area (Å²) >= 11 is 0. The van der Waals surface area contributed by atoms with E-state index in [9.17, 15) is 0 Å². The fourth-order valence-corrected chi connectivity index (χ4v) is 1.35. The Hall–Kier alpha value is -1.32. The van der Waals surface area contributed by atoms with E-state index in [1.165, 1.54) is 0 Å². The SMILES string of the molecule is CNc1cc(NCCC(C)(C)C)nc(C)n1. The number of aryl methyl sites for hydroxylation is 1. The maximum Gasteiger partial charge on any atom is 0.131 e. The number of rotatable bonds is 4. The molecule has 0 saturated heterocycles. The van der Waals surface area contributed by atoms with Gasteiger partial charge < -0.3 is 10.6 Å². The second-order valence-corrected chi connectivity index (χ2v) is 5.17. The molecule has 1 aromatic rings. The molecular weight excluding hydrogens is 200 g/mol. The summed E-state index contributed by atoms with van der Waals surface area (Å²) in [4.78, 5) is 8.59.